The van der Waals surface area contributed by atoms with Crippen LogP contribution in [0.4, 0.5) is 23.1 Å². The molecule has 2 rings (SSSR count). The molecule has 110 valence electrons. The van der Waals surface area contributed by atoms with Crippen LogP contribution in [0.25, 0.3) is 0 Å². The minimum absolute atomic E-state index is 0.0942. The standard InChI is InChI=1S/C13H14ClN5O2/c1-3-15-13-16-7-11(19(20)21)12(18-13)17-10-5-4-8(2)6-9(10)14/h4-7H,3H2,1-2H3,(H2,15,16,17,18). The van der Waals surface area contributed by atoms with Crippen molar-refractivity contribution < 1.29 is 4.92 Å². The summed E-state index contributed by atoms with van der Waals surface area (Å²) >= 11 is 6.12. The van der Waals surface area contributed by atoms with E-state index < -0.39 is 4.92 Å². The summed E-state index contributed by atoms with van der Waals surface area (Å²) in [6.45, 7) is 4.41. The van der Waals surface area contributed by atoms with Gasteiger partial charge in [-0.1, -0.05) is 17.7 Å². The van der Waals surface area contributed by atoms with Gasteiger partial charge in [0, 0.05) is 6.54 Å². The summed E-state index contributed by atoms with van der Waals surface area (Å²) in [5.41, 5.74) is 1.33. The number of aryl methyl sites for hydroxylation is 1. The summed E-state index contributed by atoms with van der Waals surface area (Å²) in [6, 6.07) is 5.37. The number of nitrogens with one attached hydrogen (secondary N) is 2. The average Bonchev–Trinajstić information content (AvgIpc) is 2.42. The van der Waals surface area contributed by atoms with Crippen LogP contribution in [0.5, 0.6) is 0 Å². The molecule has 0 saturated heterocycles. The molecule has 1 aromatic heterocycles. The van der Waals surface area contributed by atoms with Crippen LogP contribution in [0.15, 0.2) is 24.4 Å². The van der Waals surface area contributed by atoms with Crippen LogP contribution >= 0.6 is 11.6 Å². The Balaban J connectivity index is 2.40. The summed E-state index contributed by atoms with van der Waals surface area (Å²) in [7, 11) is 0. The lowest BCUT2D eigenvalue weighted by atomic mass is 10.2. The highest BCUT2D eigenvalue weighted by atomic mass is 35.5. The molecular weight excluding hydrogens is 294 g/mol. The highest BCUT2D eigenvalue weighted by molar-refractivity contribution is 6.33. The molecule has 2 N–H and O–H groups in total. The van der Waals surface area contributed by atoms with Gasteiger partial charge in [0.15, 0.2) is 0 Å². The quantitative estimate of drug-likeness (QED) is 0.648. The molecule has 0 spiro atoms. The second kappa shape index (κ2) is 6.36. The molecule has 0 aliphatic heterocycles. The van der Waals surface area contributed by atoms with Crippen molar-refractivity contribution in [3.63, 3.8) is 0 Å². The smallest absolute Gasteiger partial charge is 0.329 e. The molecule has 1 aromatic carbocycles. The number of hydrogen-bond donors (Lipinski definition) is 2. The Morgan fingerprint density at radius 2 is 2.19 bits per heavy atom. The third-order valence-electron chi connectivity index (χ3n) is 2.68. The molecule has 0 atom stereocenters. The summed E-state index contributed by atoms with van der Waals surface area (Å²) in [4.78, 5) is 18.5. The largest absolute Gasteiger partial charge is 0.354 e. The zero-order valence-electron chi connectivity index (χ0n) is 11.6. The van der Waals surface area contributed by atoms with Gasteiger partial charge in [0.2, 0.25) is 11.8 Å². The average molecular weight is 308 g/mol. The van der Waals surface area contributed by atoms with E-state index >= 15 is 0 Å². The first kappa shape index (κ1) is 15.0. The highest BCUT2D eigenvalue weighted by Crippen LogP contribution is 2.30. The lowest BCUT2D eigenvalue weighted by Crippen LogP contribution is -2.06. The predicted octanol–water partition coefficient (Wildman–Crippen LogP) is 3.52. The fraction of sp³-hybridized carbons (Fsp3) is 0.231. The third-order valence-corrected chi connectivity index (χ3v) is 2.99. The van der Waals surface area contributed by atoms with Crippen LogP contribution in [0.2, 0.25) is 5.02 Å². The maximum Gasteiger partial charge on any atom is 0.329 e. The molecular formula is C13H14ClN5O2. The Kier molecular flexibility index (Phi) is 4.54. The van der Waals surface area contributed by atoms with Crippen LogP contribution in [0.1, 0.15) is 12.5 Å². The number of halogens is 1. The summed E-state index contributed by atoms with van der Waals surface area (Å²) in [5.74, 6) is 0.408. The van der Waals surface area contributed by atoms with Crippen molar-refractivity contribution in [2.45, 2.75) is 13.8 Å². The monoisotopic (exact) mass is 307 g/mol. The van der Waals surface area contributed by atoms with Crippen LogP contribution in [-0.2, 0) is 0 Å². The molecule has 0 unspecified atom stereocenters. The molecule has 0 fully saturated rings. The van der Waals surface area contributed by atoms with E-state index in [1.165, 1.54) is 0 Å². The first-order valence-electron chi connectivity index (χ1n) is 6.29. The topological polar surface area (TPSA) is 93.0 Å². The molecule has 0 radical (unpaired) electrons. The Hall–Kier alpha value is -2.41. The van der Waals surface area contributed by atoms with Crippen molar-refractivity contribution in [2.24, 2.45) is 0 Å². The van der Waals surface area contributed by atoms with Crippen LogP contribution in [-0.4, -0.2) is 21.4 Å². The van der Waals surface area contributed by atoms with Gasteiger partial charge in [-0.3, -0.25) is 10.1 Å². The first-order chi connectivity index (χ1) is 10.0. The molecule has 0 aliphatic carbocycles. The van der Waals surface area contributed by atoms with Crippen LogP contribution in [0, 0.1) is 17.0 Å². The van der Waals surface area contributed by atoms with Crippen molar-refractivity contribution in [1.29, 1.82) is 0 Å². The van der Waals surface area contributed by atoms with Gasteiger partial charge in [-0.25, -0.2) is 4.98 Å². The molecule has 8 heteroatoms. The Labute approximate surface area is 126 Å². The van der Waals surface area contributed by atoms with Crippen molar-refractivity contribution in [1.82, 2.24) is 9.97 Å². The minimum Gasteiger partial charge on any atom is -0.354 e. The normalized spacial score (nSPS) is 10.2. The molecule has 2 aromatic rings. The van der Waals surface area contributed by atoms with Crippen molar-refractivity contribution in [2.75, 3.05) is 17.2 Å². The molecule has 0 aliphatic rings. The van der Waals surface area contributed by atoms with E-state index in [-0.39, 0.29) is 11.5 Å². The molecule has 0 amide bonds. The Bertz CT molecular complexity index is 678. The van der Waals surface area contributed by atoms with Gasteiger partial charge in [-0.05, 0) is 31.5 Å². The maximum absolute atomic E-state index is 11.1. The van der Waals surface area contributed by atoms with E-state index in [4.69, 9.17) is 11.6 Å². The summed E-state index contributed by atoms with van der Waals surface area (Å²) in [5, 5.41) is 17.3. The van der Waals surface area contributed by atoms with Gasteiger partial charge in [-0.2, -0.15) is 4.98 Å². The number of hydrogen-bond acceptors (Lipinski definition) is 6. The predicted molar refractivity (Wildman–Crippen MR) is 82.3 cm³/mol. The van der Waals surface area contributed by atoms with Gasteiger partial charge >= 0.3 is 5.69 Å². The lowest BCUT2D eigenvalue weighted by molar-refractivity contribution is -0.384. The van der Waals surface area contributed by atoms with Gasteiger partial charge in [0.25, 0.3) is 0 Å². The summed E-state index contributed by atoms with van der Waals surface area (Å²) in [6.07, 6.45) is 1.16. The lowest BCUT2D eigenvalue weighted by Gasteiger charge is -2.10. The van der Waals surface area contributed by atoms with Gasteiger partial charge in [0.1, 0.15) is 6.20 Å². The molecule has 1 heterocycles. The number of aromatic nitrogens is 2. The van der Waals surface area contributed by atoms with E-state index in [1.54, 1.807) is 12.1 Å². The van der Waals surface area contributed by atoms with Crippen LogP contribution < -0.4 is 10.6 Å². The van der Waals surface area contributed by atoms with E-state index in [0.717, 1.165) is 11.8 Å². The zero-order valence-corrected chi connectivity index (χ0v) is 12.3. The highest BCUT2D eigenvalue weighted by Gasteiger charge is 2.18. The summed E-state index contributed by atoms with van der Waals surface area (Å²) < 4.78 is 0. The van der Waals surface area contributed by atoms with E-state index in [9.17, 15) is 10.1 Å². The fourth-order valence-corrected chi connectivity index (χ4v) is 1.98. The third kappa shape index (κ3) is 3.57. The zero-order chi connectivity index (χ0) is 15.4. The van der Waals surface area contributed by atoms with Crippen molar-refractivity contribution in [3.8, 4) is 0 Å². The number of anilines is 3. The maximum atomic E-state index is 11.1. The molecule has 0 saturated carbocycles. The molecule has 0 bridgehead atoms. The Morgan fingerprint density at radius 1 is 1.43 bits per heavy atom. The van der Waals surface area contributed by atoms with Crippen LogP contribution in [0.3, 0.4) is 0 Å². The number of nitro groups is 1. The number of nitrogens with zero attached hydrogens (tertiary/aromatic N) is 3. The fourth-order valence-electron chi connectivity index (χ4n) is 1.69. The van der Waals surface area contributed by atoms with Crippen molar-refractivity contribution in [3.05, 3.63) is 45.1 Å². The van der Waals surface area contributed by atoms with E-state index in [0.29, 0.717) is 23.2 Å². The van der Waals surface area contributed by atoms with Crippen molar-refractivity contribution >= 4 is 34.7 Å². The molecule has 21 heavy (non-hydrogen) atoms. The number of benzene rings is 1. The second-order valence-electron chi connectivity index (χ2n) is 4.32. The minimum atomic E-state index is -0.542. The van der Waals surface area contributed by atoms with E-state index in [1.807, 2.05) is 19.9 Å². The van der Waals surface area contributed by atoms with E-state index in [2.05, 4.69) is 20.6 Å². The second-order valence-corrected chi connectivity index (χ2v) is 4.73. The van der Waals surface area contributed by atoms with Gasteiger partial charge < -0.3 is 10.6 Å². The number of rotatable bonds is 5. The Morgan fingerprint density at radius 3 is 2.81 bits per heavy atom. The SMILES string of the molecule is CCNc1ncc([N+](=O)[O-])c(Nc2ccc(C)cc2Cl)n1. The van der Waals surface area contributed by atoms with Gasteiger partial charge in [0.05, 0.1) is 15.6 Å². The van der Waals surface area contributed by atoms with Gasteiger partial charge in [-0.15, -0.1) is 0 Å². The molecule has 7 nitrogen and oxygen atoms in total. The first-order valence-corrected chi connectivity index (χ1v) is 6.67.